The molecule has 0 aliphatic carbocycles. The summed E-state index contributed by atoms with van der Waals surface area (Å²) in [5.74, 6) is 1.11. The number of nitrogens with zero attached hydrogens (tertiary/aromatic N) is 2. The standard InChI is InChI=1S/C26H36N2/c1-17(2)21-9-11-23(12-10-21)27-16-22-14-24-20(6)15-26(7,8)28(18(3)4)25(24)13-19(22)5/h9-14,16-18,20H,15H2,1-8H3/t20-/m1/s1. The molecule has 150 valence electrons. The summed E-state index contributed by atoms with van der Waals surface area (Å²) in [5.41, 5.74) is 7.91. The maximum Gasteiger partial charge on any atom is 0.0630 e. The summed E-state index contributed by atoms with van der Waals surface area (Å²) in [5, 5.41) is 0. The monoisotopic (exact) mass is 376 g/mol. The largest absolute Gasteiger partial charge is 0.364 e. The number of hydrogen-bond acceptors (Lipinski definition) is 2. The van der Waals surface area contributed by atoms with Crippen molar-refractivity contribution in [2.75, 3.05) is 4.90 Å². The number of aliphatic imine (C=N–C) groups is 1. The molecule has 1 atom stereocenters. The van der Waals surface area contributed by atoms with Crippen molar-refractivity contribution >= 4 is 17.6 Å². The number of fused-ring (bicyclic) bond motifs is 1. The minimum absolute atomic E-state index is 0.181. The van der Waals surface area contributed by atoms with Crippen LogP contribution in [0, 0.1) is 6.92 Å². The molecule has 2 nitrogen and oxygen atoms in total. The molecule has 0 saturated carbocycles. The zero-order chi connectivity index (χ0) is 20.6. The van der Waals surface area contributed by atoms with E-state index >= 15 is 0 Å². The van der Waals surface area contributed by atoms with E-state index in [0.717, 1.165) is 5.69 Å². The van der Waals surface area contributed by atoms with Gasteiger partial charge >= 0.3 is 0 Å². The summed E-state index contributed by atoms with van der Waals surface area (Å²) >= 11 is 0. The number of hydrogen-bond donors (Lipinski definition) is 0. The van der Waals surface area contributed by atoms with Crippen LogP contribution in [0.15, 0.2) is 41.4 Å². The van der Waals surface area contributed by atoms with Gasteiger partial charge in [-0.1, -0.05) is 32.9 Å². The third kappa shape index (κ3) is 4.01. The first-order valence-corrected chi connectivity index (χ1v) is 10.7. The van der Waals surface area contributed by atoms with Crippen LogP contribution in [-0.4, -0.2) is 17.8 Å². The molecule has 2 aromatic rings. The number of aryl methyl sites for hydroxylation is 1. The lowest BCUT2D eigenvalue weighted by molar-refractivity contribution is 0.356. The zero-order valence-corrected chi connectivity index (χ0v) is 18.9. The highest BCUT2D eigenvalue weighted by atomic mass is 15.2. The Labute approximate surface area is 171 Å². The Hall–Kier alpha value is -2.09. The van der Waals surface area contributed by atoms with Gasteiger partial charge in [-0.3, -0.25) is 4.99 Å². The predicted octanol–water partition coefficient (Wildman–Crippen LogP) is 7.37. The third-order valence-corrected chi connectivity index (χ3v) is 6.09. The molecule has 2 aromatic carbocycles. The van der Waals surface area contributed by atoms with E-state index in [1.165, 1.54) is 34.4 Å². The van der Waals surface area contributed by atoms with Gasteiger partial charge in [0.1, 0.15) is 0 Å². The first-order chi connectivity index (χ1) is 13.1. The fraction of sp³-hybridized carbons (Fsp3) is 0.500. The van der Waals surface area contributed by atoms with Gasteiger partial charge in [0, 0.05) is 23.5 Å². The van der Waals surface area contributed by atoms with Crippen LogP contribution in [0.5, 0.6) is 0 Å². The summed E-state index contributed by atoms with van der Waals surface area (Å²) in [6.07, 6.45) is 3.21. The van der Waals surface area contributed by atoms with E-state index in [9.17, 15) is 0 Å². The van der Waals surface area contributed by atoms with E-state index in [4.69, 9.17) is 4.99 Å². The van der Waals surface area contributed by atoms with Crippen molar-refractivity contribution in [2.24, 2.45) is 4.99 Å². The van der Waals surface area contributed by atoms with E-state index in [1.807, 2.05) is 6.21 Å². The molecular formula is C26H36N2. The number of rotatable bonds is 4. The molecule has 0 spiro atoms. The lowest BCUT2D eigenvalue weighted by atomic mass is 9.78. The molecule has 0 amide bonds. The average molecular weight is 377 g/mol. The van der Waals surface area contributed by atoms with Gasteiger partial charge in [-0.05, 0) is 99.4 Å². The van der Waals surface area contributed by atoms with Crippen molar-refractivity contribution in [3.05, 3.63) is 58.7 Å². The highest BCUT2D eigenvalue weighted by Crippen LogP contribution is 2.45. The van der Waals surface area contributed by atoms with Gasteiger partial charge in [0.05, 0.1) is 5.69 Å². The molecule has 0 saturated heterocycles. The molecule has 3 rings (SSSR count). The van der Waals surface area contributed by atoms with E-state index in [2.05, 4.69) is 96.7 Å². The van der Waals surface area contributed by atoms with Gasteiger partial charge < -0.3 is 4.90 Å². The van der Waals surface area contributed by atoms with Crippen molar-refractivity contribution in [1.29, 1.82) is 0 Å². The number of benzene rings is 2. The minimum Gasteiger partial charge on any atom is -0.364 e. The van der Waals surface area contributed by atoms with Gasteiger partial charge in [0.15, 0.2) is 0 Å². The Morgan fingerprint density at radius 1 is 1.07 bits per heavy atom. The normalized spacial score (nSPS) is 18.9. The van der Waals surface area contributed by atoms with Gasteiger partial charge in [0.25, 0.3) is 0 Å². The van der Waals surface area contributed by atoms with Crippen molar-refractivity contribution in [1.82, 2.24) is 0 Å². The van der Waals surface area contributed by atoms with Crippen LogP contribution < -0.4 is 4.90 Å². The van der Waals surface area contributed by atoms with Crippen molar-refractivity contribution in [3.8, 4) is 0 Å². The highest BCUT2D eigenvalue weighted by Gasteiger charge is 2.37. The molecule has 1 aliphatic heterocycles. The average Bonchev–Trinajstić information content (AvgIpc) is 2.59. The summed E-state index contributed by atoms with van der Waals surface area (Å²) < 4.78 is 0. The topological polar surface area (TPSA) is 15.6 Å². The van der Waals surface area contributed by atoms with Crippen molar-refractivity contribution in [2.45, 2.75) is 85.2 Å². The molecule has 28 heavy (non-hydrogen) atoms. The second-order valence-corrected chi connectivity index (χ2v) is 9.65. The van der Waals surface area contributed by atoms with Crippen molar-refractivity contribution in [3.63, 3.8) is 0 Å². The summed E-state index contributed by atoms with van der Waals surface area (Å²) in [6, 6.07) is 13.8. The van der Waals surface area contributed by atoms with Gasteiger partial charge in [-0.25, -0.2) is 0 Å². The van der Waals surface area contributed by atoms with Gasteiger partial charge in [-0.2, -0.15) is 0 Å². The second-order valence-electron chi connectivity index (χ2n) is 9.65. The third-order valence-electron chi connectivity index (χ3n) is 6.09. The Morgan fingerprint density at radius 2 is 1.71 bits per heavy atom. The van der Waals surface area contributed by atoms with Crippen LogP contribution in [0.25, 0.3) is 0 Å². The van der Waals surface area contributed by atoms with Gasteiger partial charge in [0.2, 0.25) is 0 Å². The highest BCUT2D eigenvalue weighted by molar-refractivity contribution is 5.86. The summed E-state index contributed by atoms with van der Waals surface area (Å²) in [7, 11) is 0. The maximum atomic E-state index is 4.76. The summed E-state index contributed by atoms with van der Waals surface area (Å²) in [4.78, 5) is 7.35. The Kier molecular flexibility index (Phi) is 5.70. The minimum atomic E-state index is 0.181. The molecule has 1 heterocycles. The van der Waals surface area contributed by atoms with E-state index in [1.54, 1.807) is 0 Å². The maximum absolute atomic E-state index is 4.76. The molecule has 0 fully saturated rings. The van der Waals surface area contributed by atoms with Crippen LogP contribution in [0.4, 0.5) is 11.4 Å². The van der Waals surface area contributed by atoms with Gasteiger partial charge in [-0.15, -0.1) is 0 Å². The zero-order valence-electron chi connectivity index (χ0n) is 18.9. The first kappa shape index (κ1) is 20.6. The molecular weight excluding hydrogens is 340 g/mol. The lowest BCUT2D eigenvalue weighted by Crippen LogP contribution is -2.51. The Bertz CT molecular complexity index is 857. The van der Waals surface area contributed by atoms with Crippen LogP contribution in [0.1, 0.15) is 89.0 Å². The fourth-order valence-electron chi connectivity index (χ4n) is 4.82. The first-order valence-electron chi connectivity index (χ1n) is 10.7. The van der Waals surface area contributed by atoms with Crippen molar-refractivity contribution < 1.29 is 0 Å². The van der Waals surface area contributed by atoms with Crippen LogP contribution >= 0.6 is 0 Å². The fourth-order valence-corrected chi connectivity index (χ4v) is 4.82. The van der Waals surface area contributed by atoms with E-state index < -0.39 is 0 Å². The molecule has 1 aliphatic rings. The predicted molar refractivity (Wildman–Crippen MR) is 124 cm³/mol. The Morgan fingerprint density at radius 3 is 2.29 bits per heavy atom. The molecule has 0 aromatic heterocycles. The summed E-state index contributed by atoms with van der Waals surface area (Å²) in [6.45, 7) is 18.3. The second kappa shape index (κ2) is 7.73. The van der Waals surface area contributed by atoms with E-state index in [0.29, 0.717) is 17.9 Å². The molecule has 2 heteroatoms. The quantitative estimate of drug-likeness (QED) is 0.509. The van der Waals surface area contributed by atoms with Crippen LogP contribution in [-0.2, 0) is 0 Å². The Balaban J connectivity index is 1.95. The SMILES string of the molecule is Cc1cc2c(cc1C=Nc1ccc(C(C)C)cc1)[C@H](C)CC(C)(C)N2C(C)C. The number of anilines is 1. The van der Waals surface area contributed by atoms with Crippen LogP contribution in [0.2, 0.25) is 0 Å². The smallest absolute Gasteiger partial charge is 0.0630 e. The lowest BCUT2D eigenvalue weighted by Gasteiger charge is -2.50. The molecule has 0 radical (unpaired) electrons. The van der Waals surface area contributed by atoms with E-state index in [-0.39, 0.29) is 5.54 Å². The molecule has 0 unspecified atom stereocenters. The molecule has 0 N–H and O–H groups in total. The van der Waals surface area contributed by atoms with Crippen LogP contribution in [0.3, 0.4) is 0 Å². The molecule has 0 bridgehead atoms.